The maximum absolute atomic E-state index is 12.9. The first kappa shape index (κ1) is 74.7. The van der Waals surface area contributed by atoms with Gasteiger partial charge in [0.1, 0.15) is 13.2 Å². The molecule has 0 fully saturated rings. The number of esters is 2. The molecule has 0 aromatic rings. The van der Waals surface area contributed by atoms with Gasteiger partial charge in [-0.15, -0.1) is 0 Å². The van der Waals surface area contributed by atoms with Crippen molar-refractivity contribution in [3.8, 4) is 0 Å². The number of likely N-dealkylation sites (N-methyl/N-ethyl adjacent to an activating group) is 1. The zero-order chi connectivity index (χ0) is 57.6. The van der Waals surface area contributed by atoms with Gasteiger partial charge in [0.25, 0.3) is 0 Å². The number of unbranched alkanes of at least 4 members (excludes halogenated alkanes) is 22. The second-order valence-electron chi connectivity index (χ2n) is 22.0. The Labute approximate surface area is 485 Å². The molecule has 9 heteroatoms. The van der Waals surface area contributed by atoms with Crippen LogP contribution in [-0.4, -0.2) is 82.3 Å². The fourth-order valence-corrected chi connectivity index (χ4v) is 8.35. The first-order valence-corrected chi connectivity index (χ1v) is 31.7. The Morgan fingerprint density at radius 1 is 0.392 bits per heavy atom. The lowest BCUT2D eigenvalue weighted by atomic mass is 10.0. The van der Waals surface area contributed by atoms with Crippen molar-refractivity contribution >= 4 is 17.9 Å². The molecule has 0 radical (unpaired) electrons. The van der Waals surface area contributed by atoms with Crippen LogP contribution in [0.1, 0.15) is 245 Å². The number of rotatable bonds is 57. The van der Waals surface area contributed by atoms with E-state index in [0.717, 1.165) is 116 Å². The van der Waals surface area contributed by atoms with Gasteiger partial charge in [0.15, 0.2) is 12.4 Å². The number of carboxylic acid groups (broad SMARTS) is 1. The summed E-state index contributed by atoms with van der Waals surface area (Å²) in [5.74, 6) is -2.31. The van der Waals surface area contributed by atoms with Crippen LogP contribution in [0.3, 0.4) is 0 Å². The van der Waals surface area contributed by atoms with Crippen LogP contribution in [0.25, 0.3) is 0 Å². The summed E-state index contributed by atoms with van der Waals surface area (Å²) in [7, 11) is 5.91. The molecule has 0 aromatic heterocycles. The fourth-order valence-electron chi connectivity index (χ4n) is 8.35. The molecule has 0 aliphatic heterocycles. The van der Waals surface area contributed by atoms with Crippen LogP contribution < -0.4 is 5.11 Å². The molecule has 0 saturated carbocycles. The first-order valence-electron chi connectivity index (χ1n) is 31.7. The zero-order valence-electron chi connectivity index (χ0n) is 51.2. The van der Waals surface area contributed by atoms with E-state index >= 15 is 0 Å². The molecular formula is C70H117NO8. The summed E-state index contributed by atoms with van der Waals surface area (Å²) in [6.45, 7) is 4.60. The van der Waals surface area contributed by atoms with Crippen molar-refractivity contribution in [2.24, 2.45) is 0 Å². The van der Waals surface area contributed by atoms with E-state index in [-0.39, 0.29) is 38.6 Å². The van der Waals surface area contributed by atoms with Crippen LogP contribution in [0.15, 0.2) is 122 Å². The number of hydrogen-bond acceptors (Lipinski definition) is 8. The van der Waals surface area contributed by atoms with Crippen LogP contribution >= 0.6 is 0 Å². The molecule has 0 aliphatic carbocycles. The smallest absolute Gasteiger partial charge is 0.306 e. The van der Waals surface area contributed by atoms with Crippen molar-refractivity contribution in [2.75, 3.05) is 47.5 Å². The molecule has 2 unspecified atom stereocenters. The van der Waals surface area contributed by atoms with Gasteiger partial charge in [0.05, 0.1) is 40.3 Å². The number of allylic oxidation sites excluding steroid dienone is 20. The van der Waals surface area contributed by atoms with E-state index in [0.29, 0.717) is 17.4 Å². The molecule has 0 aromatic carbocycles. The summed E-state index contributed by atoms with van der Waals surface area (Å²) in [4.78, 5) is 37.4. The summed E-state index contributed by atoms with van der Waals surface area (Å²) in [6, 6.07) is 0. The third kappa shape index (κ3) is 61.2. The standard InChI is InChI=1S/C70H117NO8/c1-6-8-10-12-14-16-18-20-22-24-26-28-30-31-32-33-34-35-36-37-39-41-43-45-47-49-51-53-55-57-59-61-68(73)79-66(65-78-70(69(74)75)76-63-62-71(3,4)5)64-77-67(72)60-58-56-54-52-50-48-46-44-42-40-38-29-27-25-23-21-19-17-15-13-11-9-7-2/h8,10,14,16,19-22,25-28,31-32,34-35,37,39,43,45,66,70H,6-7,9,11-13,15,17-18,23-24,29-30,33,36,38,40-42,44,46-65H2,1-5H3/b10-8-,16-14-,21-19-,22-20-,27-25-,28-26-,32-31-,35-34-,39-37-,45-43-. The van der Waals surface area contributed by atoms with E-state index in [9.17, 15) is 19.5 Å². The lowest BCUT2D eigenvalue weighted by Gasteiger charge is -2.26. The Bertz CT molecular complexity index is 1710. The van der Waals surface area contributed by atoms with Gasteiger partial charge in [0.2, 0.25) is 0 Å². The van der Waals surface area contributed by atoms with Crippen molar-refractivity contribution in [2.45, 2.75) is 257 Å². The van der Waals surface area contributed by atoms with Gasteiger partial charge < -0.3 is 33.3 Å². The van der Waals surface area contributed by atoms with Gasteiger partial charge in [0, 0.05) is 12.8 Å². The maximum Gasteiger partial charge on any atom is 0.306 e. The van der Waals surface area contributed by atoms with Crippen LogP contribution in [0.5, 0.6) is 0 Å². The predicted molar refractivity (Wildman–Crippen MR) is 333 cm³/mol. The Balaban J connectivity index is 4.28. The topological polar surface area (TPSA) is 111 Å². The minimum Gasteiger partial charge on any atom is -0.545 e. The van der Waals surface area contributed by atoms with Gasteiger partial charge in [-0.1, -0.05) is 245 Å². The molecule has 0 aliphatic rings. The number of ether oxygens (including phenoxy) is 4. The normalized spacial score (nSPS) is 13.6. The van der Waals surface area contributed by atoms with Crippen molar-refractivity contribution < 1.29 is 42.9 Å². The number of carboxylic acids is 1. The number of carbonyl (C=O) groups excluding carboxylic acids is 3. The van der Waals surface area contributed by atoms with Crippen molar-refractivity contribution in [3.63, 3.8) is 0 Å². The molecule has 0 heterocycles. The van der Waals surface area contributed by atoms with Gasteiger partial charge in [-0.3, -0.25) is 9.59 Å². The molecule has 9 nitrogen and oxygen atoms in total. The van der Waals surface area contributed by atoms with Crippen LogP contribution in [-0.2, 0) is 33.3 Å². The Hall–Kier alpha value is -4.31. The van der Waals surface area contributed by atoms with E-state index in [1.54, 1.807) is 0 Å². The van der Waals surface area contributed by atoms with E-state index in [4.69, 9.17) is 18.9 Å². The third-order valence-electron chi connectivity index (χ3n) is 13.2. The molecule has 2 atom stereocenters. The Kier molecular flexibility index (Phi) is 56.5. The monoisotopic (exact) mass is 1100 g/mol. The number of nitrogens with zero attached hydrogens (tertiary/aromatic N) is 1. The second-order valence-corrected chi connectivity index (χ2v) is 22.0. The quantitative estimate of drug-likeness (QED) is 0.0195. The van der Waals surface area contributed by atoms with Crippen molar-refractivity contribution in [1.82, 2.24) is 0 Å². The fraction of sp³-hybridized carbons (Fsp3) is 0.671. The van der Waals surface area contributed by atoms with Crippen LogP contribution in [0.2, 0.25) is 0 Å². The zero-order valence-corrected chi connectivity index (χ0v) is 51.2. The average Bonchev–Trinajstić information content (AvgIpc) is 3.42. The van der Waals surface area contributed by atoms with Crippen LogP contribution in [0, 0.1) is 0 Å². The van der Waals surface area contributed by atoms with Gasteiger partial charge in [-0.2, -0.15) is 0 Å². The predicted octanol–water partition coefficient (Wildman–Crippen LogP) is 17.9. The Morgan fingerprint density at radius 3 is 1.08 bits per heavy atom. The van der Waals surface area contributed by atoms with E-state index in [2.05, 4.69) is 135 Å². The highest BCUT2D eigenvalue weighted by Crippen LogP contribution is 2.15. The van der Waals surface area contributed by atoms with E-state index in [1.807, 2.05) is 21.1 Å². The lowest BCUT2D eigenvalue weighted by molar-refractivity contribution is -0.870. The molecule has 0 rings (SSSR count). The highest BCUT2D eigenvalue weighted by molar-refractivity contribution is 5.70. The summed E-state index contributed by atoms with van der Waals surface area (Å²) >= 11 is 0. The summed E-state index contributed by atoms with van der Waals surface area (Å²) in [6.07, 6.45) is 81.0. The van der Waals surface area contributed by atoms with Gasteiger partial charge >= 0.3 is 11.9 Å². The largest absolute Gasteiger partial charge is 0.545 e. The van der Waals surface area contributed by atoms with E-state index < -0.39 is 24.3 Å². The minimum atomic E-state index is -1.63. The Morgan fingerprint density at radius 2 is 0.722 bits per heavy atom. The number of quaternary nitrogens is 1. The number of carbonyl (C=O) groups is 3. The number of hydrogen-bond donors (Lipinski definition) is 0. The highest BCUT2D eigenvalue weighted by atomic mass is 16.7. The first-order chi connectivity index (χ1) is 38.6. The summed E-state index contributed by atoms with van der Waals surface area (Å²) < 4.78 is 22.7. The highest BCUT2D eigenvalue weighted by Gasteiger charge is 2.22. The molecule has 0 bridgehead atoms. The molecule has 0 N–H and O–H groups in total. The SMILES string of the molecule is CC/C=C\C/C=C\C/C=C\C/C=C\C/C=C\C/C=C\C/C=C\C/C=C\CCCCCCCCC(=O)OC(COC(=O)CCCCCCCCCCCCC/C=C\C/C=C\CCCCCCC)COC(OCC[N+](C)(C)C)C(=O)[O-]. The summed E-state index contributed by atoms with van der Waals surface area (Å²) in [5.41, 5.74) is 0. The van der Waals surface area contributed by atoms with Crippen LogP contribution in [0.4, 0.5) is 0 Å². The maximum atomic E-state index is 12.9. The number of aliphatic carboxylic acids is 1. The molecular weight excluding hydrogens is 983 g/mol. The molecule has 0 saturated heterocycles. The second kappa shape index (κ2) is 59.8. The molecule has 0 amide bonds. The molecule has 79 heavy (non-hydrogen) atoms. The lowest BCUT2D eigenvalue weighted by Crippen LogP contribution is -2.44. The average molecular weight is 1100 g/mol. The summed E-state index contributed by atoms with van der Waals surface area (Å²) in [5, 5.41) is 11.8. The third-order valence-corrected chi connectivity index (χ3v) is 13.2. The minimum absolute atomic E-state index is 0.138. The van der Waals surface area contributed by atoms with Gasteiger partial charge in [-0.25, -0.2) is 0 Å². The van der Waals surface area contributed by atoms with Gasteiger partial charge in [-0.05, 0) is 109 Å². The van der Waals surface area contributed by atoms with E-state index in [1.165, 1.54) is 96.3 Å². The van der Waals surface area contributed by atoms with Crippen molar-refractivity contribution in [3.05, 3.63) is 122 Å². The van der Waals surface area contributed by atoms with Crippen molar-refractivity contribution in [1.29, 1.82) is 0 Å². The molecule has 450 valence electrons. The molecule has 0 spiro atoms.